The Kier molecular flexibility index (Phi) is 3.73. The molecule has 2 heterocycles. The molecule has 1 amide bonds. The highest BCUT2D eigenvalue weighted by Crippen LogP contribution is 2.33. The Morgan fingerprint density at radius 2 is 2.24 bits per heavy atom. The Hall–Kier alpha value is -2.56. The quantitative estimate of drug-likeness (QED) is 0.929. The number of amides is 1. The molecule has 5 nitrogen and oxygen atoms in total. The molecule has 2 aromatic rings. The average molecular weight is 283 g/mol. The van der Waals surface area contributed by atoms with E-state index in [0.29, 0.717) is 13.1 Å². The maximum Gasteiger partial charge on any atom is 0.262 e. The van der Waals surface area contributed by atoms with Crippen molar-refractivity contribution in [3.05, 3.63) is 54.4 Å². The van der Waals surface area contributed by atoms with Crippen molar-refractivity contribution in [3.63, 3.8) is 0 Å². The third-order valence-corrected chi connectivity index (χ3v) is 3.50. The van der Waals surface area contributed by atoms with Crippen molar-refractivity contribution >= 4 is 11.6 Å². The summed E-state index contributed by atoms with van der Waals surface area (Å²) in [6, 6.07) is 11.7. The monoisotopic (exact) mass is 283 g/mol. The zero-order chi connectivity index (χ0) is 14.7. The summed E-state index contributed by atoms with van der Waals surface area (Å²) in [6.07, 6.45) is 3.10. The van der Waals surface area contributed by atoms with Gasteiger partial charge in [0.25, 0.3) is 5.91 Å². The number of likely N-dealkylation sites (N-methyl/N-ethyl adjacent to an activating group) is 1. The van der Waals surface area contributed by atoms with Gasteiger partial charge in [-0.2, -0.15) is 0 Å². The van der Waals surface area contributed by atoms with Crippen LogP contribution >= 0.6 is 0 Å². The lowest BCUT2D eigenvalue weighted by molar-refractivity contribution is -0.127. The number of carbonyl (C=O) groups is 1. The number of ether oxygens (including phenoxy) is 1. The zero-order valence-corrected chi connectivity index (χ0v) is 11.8. The molecule has 0 bridgehead atoms. The molecule has 108 valence electrons. The number of aromatic nitrogens is 1. The fourth-order valence-electron chi connectivity index (χ4n) is 2.47. The molecule has 1 aliphatic heterocycles. The maximum absolute atomic E-state index is 11.9. The molecule has 3 rings (SSSR count). The minimum absolute atomic E-state index is 0.110. The largest absolute Gasteiger partial charge is 0.477 e. The molecule has 1 aromatic heterocycles. The first-order chi connectivity index (χ1) is 10.3. The van der Waals surface area contributed by atoms with E-state index in [1.54, 1.807) is 13.2 Å². The fourth-order valence-corrected chi connectivity index (χ4v) is 2.47. The number of rotatable bonds is 3. The summed E-state index contributed by atoms with van der Waals surface area (Å²) in [5.41, 5.74) is 2.10. The van der Waals surface area contributed by atoms with Gasteiger partial charge in [-0.1, -0.05) is 18.2 Å². The second kappa shape index (κ2) is 5.83. The smallest absolute Gasteiger partial charge is 0.262 e. The Morgan fingerprint density at radius 1 is 1.38 bits per heavy atom. The van der Waals surface area contributed by atoms with Gasteiger partial charge in [-0.3, -0.25) is 9.78 Å². The van der Waals surface area contributed by atoms with Crippen LogP contribution in [0.15, 0.2) is 48.8 Å². The van der Waals surface area contributed by atoms with E-state index >= 15 is 0 Å². The molecule has 0 saturated carbocycles. The summed E-state index contributed by atoms with van der Waals surface area (Å²) in [4.78, 5) is 18.2. The molecule has 1 unspecified atom stereocenters. The van der Waals surface area contributed by atoms with Crippen molar-refractivity contribution in [1.82, 2.24) is 10.3 Å². The van der Waals surface area contributed by atoms with Crippen molar-refractivity contribution in [2.45, 2.75) is 12.6 Å². The number of fused-ring (bicyclic) bond motifs is 1. The summed E-state index contributed by atoms with van der Waals surface area (Å²) < 4.78 is 5.78. The summed E-state index contributed by atoms with van der Waals surface area (Å²) >= 11 is 0. The normalized spacial score (nSPS) is 16.8. The van der Waals surface area contributed by atoms with Crippen molar-refractivity contribution in [2.24, 2.45) is 0 Å². The van der Waals surface area contributed by atoms with Crippen LogP contribution in [-0.2, 0) is 11.3 Å². The molecule has 1 aromatic carbocycles. The van der Waals surface area contributed by atoms with Crippen LogP contribution in [-0.4, -0.2) is 30.6 Å². The molecule has 1 aliphatic rings. The highest BCUT2D eigenvalue weighted by Gasteiger charge is 2.29. The average Bonchev–Trinajstić information content (AvgIpc) is 2.55. The Balaban J connectivity index is 1.89. The van der Waals surface area contributed by atoms with Crippen LogP contribution in [0.4, 0.5) is 5.69 Å². The van der Waals surface area contributed by atoms with E-state index in [1.807, 2.05) is 42.6 Å². The van der Waals surface area contributed by atoms with Crippen LogP contribution in [0.3, 0.4) is 0 Å². The van der Waals surface area contributed by atoms with Gasteiger partial charge in [0.2, 0.25) is 0 Å². The Morgan fingerprint density at radius 3 is 3.00 bits per heavy atom. The Labute approximate surface area is 123 Å². The molecule has 0 saturated heterocycles. The molecule has 0 radical (unpaired) electrons. The number of benzene rings is 1. The predicted octanol–water partition coefficient (Wildman–Crippen LogP) is 1.60. The summed E-state index contributed by atoms with van der Waals surface area (Å²) in [5.74, 6) is 0.627. The number of para-hydroxylation sites is 2. The molecule has 0 aliphatic carbocycles. The number of carbonyl (C=O) groups excluding carboxylic acids is 1. The van der Waals surface area contributed by atoms with Gasteiger partial charge >= 0.3 is 0 Å². The topological polar surface area (TPSA) is 54.5 Å². The van der Waals surface area contributed by atoms with Gasteiger partial charge in [0.05, 0.1) is 12.2 Å². The van der Waals surface area contributed by atoms with Crippen molar-refractivity contribution in [3.8, 4) is 5.75 Å². The van der Waals surface area contributed by atoms with Crippen molar-refractivity contribution in [2.75, 3.05) is 18.5 Å². The minimum Gasteiger partial charge on any atom is -0.477 e. The molecular formula is C16H17N3O2. The van der Waals surface area contributed by atoms with E-state index in [9.17, 15) is 4.79 Å². The number of hydrogen-bond donors (Lipinski definition) is 1. The fraction of sp³-hybridized carbons (Fsp3) is 0.250. The van der Waals surface area contributed by atoms with Gasteiger partial charge in [0.15, 0.2) is 6.10 Å². The predicted molar refractivity (Wildman–Crippen MR) is 80.2 cm³/mol. The van der Waals surface area contributed by atoms with Gasteiger partial charge in [0, 0.05) is 26.0 Å². The van der Waals surface area contributed by atoms with E-state index in [-0.39, 0.29) is 5.91 Å². The lowest BCUT2D eigenvalue weighted by Crippen LogP contribution is -2.47. The van der Waals surface area contributed by atoms with E-state index in [2.05, 4.69) is 15.2 Å². The number of hydrogen-bond acceptors (Lipinski definition) is 4. The number of anilines is 1. The van der Waals surface area contributed by atoms with Gasteiger partial charge in [-0.15, -0.1) is 0 Å². The van der Waals surface area contributed by atoms with Crippen LogP contribution in [0.2, 0.25) is 0 Å². The molecular weight excluding hydrogens is 266 g/mol. The van der Waals surface area contributed by atoms with Crippen LogP contribution in [0.5, 0.6) is 5.75 Å². The SMILES string of the molecule is CNC(=O)C1CN(Cc2cccnc2)c2ccccc2O1. The highest BCUT2D eigenvalue weighted by atomic mass is 16.5. The lowest BCUT2D eigenvalue weighted by atomic mass is 10.1. The number of nitrogens with zero attached hydrogens (tertiary/aromatic N) is 2. The second-order valence-electron chi connectivity index (χ2n) is 4.93. The van der Waals surface area contributed by atoms with Gasteiger partial charge < -0.3 is 15.0 Å². The van der Waals surface area contributed by atoms with Crippen molar-refractivity contribution < 1.29 is 9.53 Å². The summed E-state index contributed by atoms with van der Waals surface area (Å²) in [6.45, 7) is 1.22. The third kappa shape index (κ3) is 2.81. The summed E-state index contributed by atoms with van der Waals surface area (Å²) in [7, 11) is 1.62. The molecule has 1 atom stereocenters. The van der Waals surface area contributed by atoms with Crippen LogP contribution in [0.25, 0.3) is 0 Å². The standard InChI is InChI=1S/C16H17N3O2/c1-17-16(20)15-11-19(10-12-5-4-8-18-9-12)13-6-2-3-7-14(13)21-15/h2-9,15H,10-11H2,1H3,(H,17,20). The third-order valence-electron chi connectivity index (χ3n) is 3.50. The first kappa shape index (κ1) is 13.4. The van der Waals surface area contributed by atoms with Crippen molar-refractivity contribution in [1.29, 1.82) is 0 Å². The zero-order valence-electron chi connectivity index (χ0n) is 11.8. The van der Waals surface area contributed by atoms with E-state index < -0.39 is 6.10 Å². The maximum atomic E-state index is 11.9. The molecule has 0 fully saturated rings. The van der Waals surface area contributed by atoms with Gasteiger partial charge in [-0.05, 0) is 23.8 Å². The van der Waals surface area contributed by atoms with Gasteiger partial charge in [-0.25, -0.2) is 0 Å². The van der Waals surface area contributed by atoms with Crippen LogP contribution in [0, 0.1) is 0 Å². The van der Waals surface area contributed by atoms with Crippen LogP contribution < -0.4 is 15.0 Å². The molecule has 1 N–H and O–H groups in total. The molecule has 5 heteroatoms. The van der Waals surface area contributed by atoms with E-state index in [0.717, 1.165) is 17.0 Å². The highest BCUT2D eigenvalue weighted by molar-refractivity contribution is 5.83. The second-order valence-corrected chi connectivity index (χ2v) is 4.93. The van der Waals surface area contributed by atoms with Crippen LogP contribution in [0.1, 0.15) is 5.56 Å². The minimum atomic E-state index is -0.499. The summed E-state index contributed by atoms with van der Waals surface area (Å²) in [5, 5.41) is 2.65. The lowest BCUT2D eigenvalue weighted by Gasteiger charge is -2.35. The first-order valence-corrected chi connectivity index (χ1v) is 6.89. The Bertz CT molecular complexity index is 630. The van der Waals surface area contributed by atoms with E-state index in [1.165, 1.54) is 0 Å². The van der Waals surface area contributed by atoms with Gasteiger partial charge in [0.1, 0.15) is 5.75 Å². The number of nitrogens with one attached hydrogen (secondary N) is 1. The number of pyridine rings is 1. The van der Waals surface area contributed by atoms with E-state index in [4.69, 9.17) is 4.74 Å². The molecule has 21 heavy (non-hydrogen) atoms. The molecule has 0 spiro atoms. The first-order valence-electron chi connectivity index (χ1n) is 6.89.